The highest BCUT2D eigenvalue weighted by molar-refractivity contribution is 9.10. The summed E-state index contributed by atoms with van der Waals surface area (Å²) in [6.45, 7) is 1.93. The first-order valence-electron chi connectivity index (χ1n) is 6.24. The molecule has 0 aliphatic carbocycles. The number of pyridine rings is 1. The van der Waals surface area contributed by atoms with Crippen molar-refractivity contribution < 1.29 is 4.79 Å². The van der Waals surface area contributed by atoms with Crippen LogP contribution in [0.3, 0.4) is 0 Å². The summed E-state index contributed by atoms with van der Waals surface area (Å²) in [6, 6.07) is 8.97. The van der Waals surface area contributed by atoms with Crippen LogP contribution < -0.4 is 0 Å². The zero-order valence-corrected chi connectivity index (χ0v) is 14.6. The number of benzene rings is 1. The molecule has 0 saturated heterocycles. The monoisotopic (exact) mass is 386 g/mol. The molecule has 110 valence electrons. The van der Waals surface area contributed by atoms with Crippen molar-refractivity contribution in [2.45, 2.75) is 13.0 Å². The van der Waals surface area contributed by atoms with Crippen molar-refractivity contribution in [1.82, 2.24) is 9.88 Å². The van der Waals surface area contributed by atoms with E-state index in [0.29, 0.717) is 15.1 Å². The molecule has 0 N–H and O–H groups in total. The Balaban J connectivity index is 2.28. The van der Waals surface area contributed by atoms with Gasteiger partial charge in [-0.3, -0.25) is 4.79 Å². The van der Waals surface area contributed by atoms with Crippen LogP contribution >= 0.6 is 39.1 Å². The molecule has 2 aromatic rings. The number of carbonyl (C=O) groups excluding carboxylic acids is 1. The Morgan fingerprint density at radius 3 is 2.71 bits per heavy atom. The highest BCUT2D eigenvalue weighted by atomic mass is 79.9. The van der Waals surface area contributed by atoms with Crippen LogP contribution in [0.2, 0.25) is 10.2 Å². The Labute approximate surface area is 142 Å². The molecule has 0 aliphatic rings. The van der Waals surface area contributed by atoms with Gasteiger partial charge in [-0.15, -0.1) is 0 Å². The average Bonchev–Trinajstić information content (AvgIpc) is 2.47. The fourth-order valence-electron chi connectivity index (χ4n) is 1.93. The molecule has 1 amide bonds. The van der Waals surface area contributed by atoms with Crippen LogP contribution in [0.25, 0.3) is 0 Å². The molecule has 1 unspecified atom stereocenters. The predicted molar refractivity (Wildman–Crippen MR) is 88.9 cm³/mol. The Morgan fingerprint density at radius 1 is 1.33 bits per heavy atom. The molecule has 1 aromatic carbocycles. The zero-order chi connectivity index (χ0) is 15.6. The van der Waals surface area contributed by atoms with Crippen molar-refractivity contribution in [2.24, 2.45) is 0 Å². The lowest BCUT2D eigenvalue weighted by atomic mass is 10.1. The van der Waals surface area contributed by atoms with Crippen LogP contribution in [0.1, 0.15) is 28.9 Å². The molecule has 0 saturated carbocycles. The lowest BCUT2D eigenvalue weighted by Gasteiger charge is -2.25. The maximum atomic E-state index is 12.6. The molecule has 21 heavy (non-hydrogen) atoms. The number of rotatable bonds is 3. The van der Waals surface area contributed by atoms with E-state index in [-0.39, 0.29) is 17.1 Å². The van der Waals surface area contributed by atoms with Crippen molar-refractivity contribution in [3.63, 3.8) is 0 Å². The summed E-state index contributed by atoms with van der Waals surface area (Å²) in [6.07, 6.45) is 1.56. The number of halogens is 3. The minimum absolute atomic E-state index is 0.133. The summed E-state index contributed by atoms with van der Waals surface area (Å²) in [4.78, 5) is 18.2. The van der Waals surface area contributed by atoms with Crippen molar-refractivity contribution in [3.05, 3.63) is 62.3 Å². The molecule has 0 bridgehead atoms. The Morgan fingerprint density at radius 2 is 2.05 bits per heavy atom. The average molecular weight is 388 g/mol. The topological polar surface area (TPSA) is 33.2 Å². The van der Waals surface area contributed by atoms with Gasteiger partial charge < -0.3 is 4.90 Å². The Kier molecular flexibility index (Phi) is 5.25. The van der Waals surface area contributed by atoms with Crippen molar-refractivity contribution in [1.29, 1.82) is 0 Å². The van der Waals surface area contributed by atoms with Gasteiger partial charge in [-0.25, -0.2) is 4.98 Å². The standard InChI is InChI=1S/C15H13BrCl2N2O/c1-9(10-4-3-5-12(17)6-10)20(2)15(21)13-7-11(16)8-19-14(13)18/h3-9H,1-2H3. The molecular formula is C15H13BrCl2N2O. The summed E-state index contributed by atoms with van der Waals surface area (Å²) >= 11 is 15.3. The number of hydrogen-bond acceptors (Lipinski definition) is 2. The van der Waals surface area contributed by atoms with Gasteiger partial charge in [0.15, 0.2) is 0 Å². The first kappa shape index (κ1) is 16.3. The number of aromatic nitrogens is 1. The van der Waals surface area contributed by atoms with E-state index in [2.05, 4.69) is 20.9 Å². The summed E-state index contributed by atoms with van der Waals surface area (Å²) in [5, 5.41) is 0.829. The molecule has 2 rings (SSSR count). The van der Waals surface area contributed by atoms with Crippen LogP contribution in [0.5, 0.6) is 0 Å². The fraction of sp³-hybridized carbons (Fsp3) is 0.200. The van der Waals surface area contributed by atoms with Gasteiger partial charge >= 0.3 is 0 Å². The van der Waals surface area contributed by atoms with Crippen molar-refractivity contribution >= 4 is 45.0 Å². The third-order valence-electron chi connectivity index (χ3n) is 3.27. The molecule has 6 heteroatoms. The minimum atomic E-state index is -0.193. The van der Waals surface area contributed by atoms with E-state index in [4.69, 9.17) is 23.2 Å². The van der Waals surface area contributed by atoms with Gasteiger partial charge in [0.25, 0.3) is 5.91 Å². The maximum Gasteiger partial charge on any atom is 0.257 e. The third-order valence-corrected chi connectivity index (χ3v) is 4.24. The highest BCUT2D eigenvalue weighted by Gasteiger charge is 2.22. The first-order chi connectivity index (χ1) is 9.90. The van der Waals surface area contributed by atoms with Gasteiger partial charge in [0.1, 0.15) is 5.15 Å². The molecular weight excluding hydrogens is 375 g/mol. The van der Waals surface area contributed by atoms with Crippen LogP contribution in [-0.4, -0.2) is 22.8 Å². The van der Waals surface area contributed by atoms with Crippen LogP contribution in [0, 0.1) is 0 Å². The summed E-state index contributed by atoms with van der Waals surface area (Å²) < 4.78 is 0.707. The smallest absolute Gasteiger partial charge is 0.257 e. The SMILES string of the molecule is CC(c1cccc(Cl)c1)N(C)C(=O)c1cc(Br)cnc1Cl. The van der Waals surface area contributed by atoms with E-state index in [1.807, 2.05) is 25.1 Å². The lowest BCUT2D eigenvalue weighted by Crippen LogP contribution is -2.30. The molecule has 1 atom stereocenters. The number of hydrogen-bond donors (Lipinski definition) is 0. The molecule has 3 nitrogen and oxygen atoms in total. The second-order valence-corrected chi connectivity index (χ2v) is 6.35. The summed E-state index contributed by atoms with van der Waals surface area (Å²) in [7, 11) is 1.73. The minimum Gasteiger partial charge on any atom is -0.335 e. The van der Waals surface area contributed by atoms with Crippen LogP contribution in [-0.2, 0) is 0 Å². The van der Waals surface area contributed by atoms with Gasteiger partial charge in [0.05, 0.1) is 11.6 Å². The van der Waals surface area contributed by atoms with Gasteiger partial charge in [-0.1, -0.05) is 35.3 Å². The van der Waals surface area contributed by atoms with Crippen molar-refractivity contribution in [2.75, 3.05) is 7.05 Å². The van der Waals surface area contributed by atoms with Crippen LogP contribution in [0.15, 0.2) is 41.0 Å². The van der Waals surface area contributed by atoms with Gasteiger partial charge in [0.2, 0.25) is 0 Å². The third kappa shape index (κ3) is 3.76. The van der Waals surface area contributed by atoms with Gasteiger partial charge in [-0.2, -0.15) is 0 Å². The van der Waals surface area contributed by atoms with E-state index in [1.165, 1.54) is 0 Å². The molecule has 0 fully saturated rings. The van der Waals surface area contributed by atoms with Crippen molar-refractivity contribution in [3.8, 4) is 0 Å². The number of nitrogens with zero attached hydrogens (tertiary/aromatic N) is 2. The number of amides is 1. The van der Waals surface area contributed by atoms with E-state index < -0.39 is 0 Å². The van der Waals surface area contributed by atoms with Gasteiger partial charge in [0, 0.05) is 22.7 Å². The fourth-order valence-corrected chi connectivity index (χ4v) is 2.64. The molecule has 0 radical (unpaired) electrons. The van der Waals surface area contributed by atoms with E-state index in [1.54, 1.807) is 30.3 Å². The highest BCUT2D eigenvalue weighted by Crippen LogP contribution is 2.26. The Bertz CT molecular complexity index is 678. The summed E-state index contributed by atoms with van der Waals surface area (Å²) in [5.74, 6) is -0.193. The second-order valence-electron chi connectivity index (χ2n) is 4.64. The van der Waals surface area contributed by atoms with Gasteiger partial charge in [-0.05, 0) is 46.6 Å². The van der Waals surface area contributed by atoms with E-state index >= 15 is 0 Å². The van der Waals surface area contributed by atoms with E-state index in [0.717, 1.165) is 5.56 Å². The Hall–Kier alpha value is -1.10. The maximum absolute atomic E-state index is 12.6. The summed E-state index contributed by atoms with van der Waals surface area (Å²) in [5.41, 5.74) is 1.32. The molecule has 1 aromatic heterocycles. The molecule has 0 aliphatic heterocycles. The van der Waals surface area contributed by atoms with E-state index in [9.17, 15) is 4.79 Å². The largest absolute Gasteiger partial charge is 0.335 e. The second kappa shape index (κ2) is 6.77. The zero-order valence-electron chi connectivity index (χ0n) is 11.5. The molecule has 0 spiro atoms. The lowest BCUT2D eigenvalue weighted by molar-refractivity contribution is 0.0742. The predicted octanol–water partition coefficient (Wildman–Crippen LogP) is 4.98. The van der Waals surface area contributed by atoms with Crippen LogP contribution in [0.4, 0.5) is 0 Å². The normalized spacial score (nSPS) is 12.0. The molecule has 1 heterocycles. The first-order valence-corrected chi connectivity index (χ1v) is 7.78. The quantitative estimate of drug-likeness (QED) is 0.695. The number of carbonyl (C=O) groups is 1.